The molecule has 0 spiro atoms. The van der Waals surface area contributed by atoms with E-state index in [1.54, 1.807) is 0 Å². The van der Waals surface area contributed by atoms with Gasteiger partial charge in [-0.3, -0.25) is 4.79 Å². The first-order chi connectivity index (χ1) is 9.15. The van der Waals surface area contributed by atoms with Gasteiger partial charge in [-0.1, -0.05) is 41.4 Å². The van der Waals surface area contributed by atoms with Crippen molar-refractivity contribution in [1.82, 2.24) is 5.32 Å². The third kappa shape index (κ3) is 6.73. The minimum Gasteiger partial charge on any atom is -0.396 e. The molecule has 0 saturated carbocycles. The topological polar surface area (TPSA) is 49.3 Å². The second kappa shape index (κ2) is 9.10. The zero-order chi connectivity index (χ0) is 14.1. The molecule has 1 amide bonds. The van der Waals surface area contributed by atoms with E-state index in [0.29, 0.717) is 18.9 Å². The van der Waals surface area contributed by atoms with Crippen molar-refractivity contribution < 1.29 is 9.90 Å². The maximum absolute atomic E-state index is 11.8. The summed E-state index contributed by atoms with van der Waals surface area (Å²) >= 11 is 3.37. The summed E-state index contributed by atoms with van der Waals surface area (Å²) in [6, 6.07) is 7.77. The highest BCUT2D eigenvalue weighted by Crippen LogP contribution is 2.12. The van der Waals surface area contributed by atoms with E-state index in [2.05, 4.69) is 28.2 Å². The molecule has 0 aromatic heterocycles. The van der Waals surface area contributed by atoms with Crippen molar-refractivity contribution in [2.45, 2.75) is 32.6 Å². The number of halogens is 1. The van der Waals surface area contributed by atoms with Gasteiger partial charge in [0.05, 0.1) is 6.42 Å². The summed E-state index contributed by atoms with van der Waals surface area (Å²) in [6.45, 7) is 2.96. The minimum absolute atomic E-state index is 0.0429. The van der Waals surface area contributed by atoms with Gasteiger partial charge in [-0.25, -0.2) is 0 Å². The number of benzene rings is 1. The van der Waals surface area contributed by atoms with Crippen LogP contribution in [0.5, 0.6) is 0 Å². The van der Waals surface area contributed by atoms with Gasteiger partial charge in [0.1, 0.15) is 0 Å². The normalized spacial score (nSPS) is 12.2. The van der Waals surface area contributed by atoms with Crippen molar-refractivity contribution >= 4 is 21.8 Å². The van der Waals surface area contributed by atoms with Crippen molar-refractivity contribution in [3.05, 3.63) is 34.3 Å². The van der Waals surface area contributed by atoms with Crippen LogP contribution in [-0.4, -0.2) is 24.2 Å². The van der Waals surface area contributed by atoms with Gasteiger partial charge in [0.25, 0.3) is 0 Å². The van der Waals surface area contributed by atoms with E-state index in [1.807, 2.05) is 24.3 Å². The molecule has 2 N–H and O–H groups in total. The molecule has 19 heavy (non-hydrogen) atoms. The van der Waals surface area contributed by atoms with Crippen LogP contribution in [0.2, 0.25) is 0 Å². The molecule has 1 rings (SSSR count). The van der Waals surface area contributed by atoms with Crippen LogP contribution in [0.3, 0.4) is 0 Å². The summed E-state index contributed by atoms with van der Waals surface area (Å²) in [5.41, 5.74) is 1.01. The van der Waals surface area contributed by atoms with Gasteiger partial charge in [-0.15, -0.1) is 0 Å². The first-order valence-corrected chi connectivity index (χ1v) is 7.57. The van der Waals surface area contributed by atoms with Crippen LogP contribution < -0.4 is 5.32 Å². The summed E-state index contributed by atoms with van der Waals surface area (Å²) in [7, 11) is 0. The predicted octanol–water partition coefficient (Wildman–Crippen LogP) is 2.91. The van der Waals surface area contributed by atoms with Crippen LogP contribution >= 0.6 is 15.9 Å². The van der Waals surface area contributed by atoms with Crippen LogP contribution in [0, 0.1) is 5.92 Å². The average molecular weight is 328 g/mol. The van der Waals surface area contributed by atoms with Crippen LogP contribution in [0.25, 0.3) is 0 Å². The Bertz CT molecular complexity index is 372. The lowest BCUT2D eigenvalue weighted by molar-refractivity contribution is -0.120. The van der Waals surface area contributed by atoms with E-state index in [9.17, 15) is 4.79 Å². The maximum atomic E-state index is 11.8. The molecular formula is C15H22BrNO2. The number of hydrogen-bond donors (Lipinski definition) is 2. The second-order valence-electron chi connectivity index (χ2n) is 4.77. The third-order valence-electron chi connectivity index (χ3n) is 3.10. The number of aliphatic hydroxyl groups excluding tert-OH is 1. The summed E-state index contributed by atoms with van der Waals surface area (Å²) in [4.78, 5) is 11.8. The van der Waals surface area contributed by atoms with Gasteiger partial charge in [0.2, 0.25) is 5.91 Å². The monoisotopic (exact) mass is 327 g/mol. The van der Waals surface area contributed by atoms with E-state index in [4.69, 9.17) is 5.11 Å². The fourth-order valence-electron chi connectivity index (χ4n) is 2.05. The molecule has 0 saturated heterocycles. The highest BCUT2D eigenvalue weighted by atomic mass is 79.9. The van der Waals surface area contributed by atoms with Crippen molar-refractivity contribution in [2.24, 2.45) is 5.92 Å². The maximum Gasteiger partial charge on any atom is 0.224 e. The smallest absolute Gasteiger partial charge is 0.224 e. The fourth-order valence-corrected chi connectivity index (χ4v) is 2.31. The highest BCUT2D eigenvalue weighted by Gasteiger charge is 2.09. The molecule has 4 heteroatoms. The Hall–Kier alpha value is -0.870. The first kappa shape index (κ1) is 16.2. The first-order valence-electron chi connectivity index (χ1n) is 6.77. The SMILES string of the molecule is CCCC(CCO)CNC(=O)Cc1ccc(Br)cc1. The number of carbonyl (C=O) groups excluding carboxylic acids is 1. The molecular weight excluding hydrogens is 306 g/mol. The van der Waals surface area contributed by atoms with Crippen LogP contribution in [0.15, 0.2) is 28.7 Å². The molecule has 106 valence electrons. The van der Waals surface area contributed by atoms with Crippen molar-refractivity contribution in [3.63, 3.8) is 0 Å². The Balaban J connectivity index is 2.35. The number of amides is 1. The standard InChI is InChI=1S/C15H22BrNO2/c1-2-3-13(8-9-18)11-17-15(19)10-12-4-6-14(16)7-5-12/h4-7,13,18H,2-3,8-11H2,1H3,(H,17,19). The quantitative estimate of drug-likeness (QED) is 0.771. The Labute approximate surface area is 123 Å². The lowest BCUT2D eigenvalue weighted by Crippen LogP contribution is -2.30. The Morgan fingerprint density at radius 2 is 2.00 bits per heavy atom. The molecule has 0 heterocycles. The van der Waals surface area contributed by atoms with Crippen LogP contribution in [0.1, 0.15) is 31.7 Å². The summed E-state index contributed by atoms with van der Waals surface area (Å²) in [5, 5.41) is 11.9. The molecule has 1 atom stereocenters. The zero-order valence-electron chi connectivity index (χ0n) is 11.4. The Kier molecular flexibility index (Phi) is 7.75. The Morgan fingerprint density at radius 1 is 1.32 bits per heavy atom. The molecule has 1 aromatic rings. The number of hydrogen-bond acceptors (Lipinski definition) is 2. The highest BCUT2D eigenvalue weighted by molar-refractivity contribution is 9.10. The van der Waals surface area contributed by atoms with E-state index < -0.39 is 0 Å². The van der Waals surface area contributed by atoms with Crippen LogP contribution in [-0.2, 0) is 11.2 Å². The van der Waals surface area contributed by atoms with Crippen LogP contribution in [0.4, 0.5) is 0 Å². The van der Waals surface area contributed by atoms with Gasteiger partial charge in [-0.05, 0) is 36.5 Å². The zero-order valence-corrected chi connectivity index (χ0v) is 12.9. The van der Waals surface area contributed by atoms with E-state index in [-0.39, 0.29) is 12.5 Å². The fraction of sp³-hybridized carbons (Fsp3) is 0.533. The summed E-state index contributed by atoms with van der Waals surface area (Å²) in [5.74, 6) is 0.422. The molecule has 0 aliphatic heterocycles. The number of carbonyl (C=O) groups is 1. The van der Waals surface area contributed by atoms with E-state index in [1.165, 1.54) is 0 Å². The van der Waals surface area contributed by atoms with Gasteiger partial charge < -0.3 is 10.4 Å². The molecule has 0 radical (unpaired) electrons. The predicted molar refractivity (Wildman–Crippen MR) is 81.0 cm³/mol. The van der Waals surface area contributed by atoms with E-state index in [0.717, 1.165) is 29.3 Å². The van der Waals surface area contributed by atoms with Crippen molar-refractivity contribution in [1.29, 1.82) is 0 Å². The summed E-state index contributed by atoms with van der Waals surface area (Å²) in [6.07, 6.45) is 3.28. The Morgan fingerprint density at radius 3 is 2.58 bits per heavy atom. The molecule has 0 bridgehead atoms. The number of nitrogens with one attached hydrogen (secondary N) is 1. The summed E-state index contributed by atoms with van der Waals surface area (Å²) < 4.78 is 1.02. The van der Waals surface area contributed by atoms with Crippen molar-refractivity contribution in [3.8, 4) is 0 Å². The van der Waals surface area contributed by atoms with E-state index >= 15 is 0 Å². The third-order valence-corrected chi connectivity index (χ3v) is 3.63. The lowest BCUT2D eigenvalue weighted by atomic mass is 10.00. The van der Waals surface area contributed by atoms with Gasteiger partial charge in [0.15, 0.2) is 0 Å². The molecule has 1 aromatic carbocycles. The molecule has 0 aliphatic rings. The number of rotatable bonds is 8. The lowest BCUT2D eigenvalue weighted by Gasteiger charge is -2.15. The molecule has 1 unspecified atom stereocenters. The molecule has 3 nitrogen and oxygen atoms in total. The average Bonchev–Trinajstić information content (AvgIpc) is 2.39. The van der Waals surface area contributed by atoms with Gasteiger partial charge in [0, 0.05) is 17.6 Å². The van der Waals surface area contributed by atoms with Gasteiger partial charge >= 0.3 is 0 Å². The number of aliphatic hydroxyl groups is 1. The van der Waals surface area contributed by atoms with Gasteiger partial charge in [-0.2, -0.15) is 0 Å². The second-order valence-corrected chi connectivity index (χ2v) is 5.69. The van der Waals surface area contributed by atoms with Crippen molar-refractivity contribution in [2.75, 3.05) is 13.2 Å². The largest absolute Gasteiger partial charge is 0.396 e. The molecule has 0 aliphatic carbocycles. The molecule has 0 fully saturated rings. The minimum atomic E-state index is 0.0429.